The lowest BCUT2D eigenvalue weighted by Gasteiger charge is -2.33. The number of rotatable bonds is 6. The summed E-state index contributed by atoms with van der Waals surface area (Å²) in [6, 6.07) is 18.1. The first kappa shape index (κ1) is 24.8. The van der Waals surface area contributed by atoms with Crippen molar-refractivity contribution in [2.24, 2.45) is 5.92 Å². The minimum absolute atomic E-state index is 0.0550. The molecule has 1 saturated carbocycles. The SMILES string of the molecule is N#CC(=Cc1c(N2CCC(Cc3ccccc3)CC2)nc2ccccn2c1=O)C(=O)NC1CCCCC1. The Morgan fingerprint density at radius 1 is 1.03 bits per heavy atom. The van der Waals surface area contributed by atoms with Gasteiger partial charge in [0.15, 0.2) is 0 Å². The summed E-state index contributed by atoms with van der Waals surface area (Å²) in [7, 11) is 0. The fourth-order valence-electron chi connectivity index (χ4n) is 5.56. The van der Waals surface area contributed by atoms with Gasteiger partial charge in [-0.25, -0.2) is 4.98 Å². The van der Waals surface area contributed by atoms with E-state index in [4.69, 9.17) is 4.98 Å². The Bertz CT molecular complexity index is 1370. The number of fused-ring (bicyclic) bond motifs is 1. The van der Waals surface area contributed by atoms with E-state index >= 15 is 0 Å². The first-order valence-corrected chi connectivity index (χ1v) is 13.4. The van der Waals surface area contributed by atoms with Crippen molar-refractivity contribution in [2.75, 3.05) is 18.0 Å². The van der Waals surface area contributed by atoms with Crippen molar-refractivity contribution in [3.05, 3.63) is 81.8 Å². The van der Waals surface area contributed by atoms with Crippen LogP contribution in [0.5, 0.6) is 0 Å². The number of amides is 1. The largest absolute Gasteiger partial charge is 0.356 e. The fraction of sp³-hybridized carbons (Fsp3) is 0.400. The predicted molar refractivity (Wildman–Crippen MR) is 145 cm³/mol. The summed E-state index contributed by atoms with van der Waals surface area (Å²) in [5.74, 6) is 0.696. The highest BCUT2D eigenvalue weighted by molar-refractivity contribution is 6.02. The maximum Gasteiger partial charge on any atom is 0.267 e. The van der Waals surface area contributed by atoms with Gasteiger partial charge in [0.05, 0.1) is 5.56 Å². The van der Waals surface area contributed by atoms with E-state index in [1.165, 1.54) is 22.5 Å². The van der Waals surface area contributed by atoms with Gasteiger partial charge in [-0.2, -0.15) is 5.26 Å². The highest BCUT2D eigenvalue weighted by Gasteiger charge is 2.25. The number of anilines is 1. The lowest BCUT2D eigenvalue weighted by atomic mass is 9.90. The van der Waals surface area contributed by atoms with Crippen LogP contribution in [0, 0.1) is 17.2 Å². The van der Waals surface area contributed by atoms with Gasteiger partial charge in [-0.15, -0.1) is 0 Å². The summed E-state index contributed by atoms with van der Waals surface area (Å²) in [4.78, 5) is 33.5. The number of aromatic nitrogens is 2. The van der Waals surface area contributed by atoms with E-state index in [9.17, 15) is 14.9 Å². The van der Waals surface area contributed by atoms with Crippen LogP contribution in [-0.4, -0.2) is 34.4 Å². The zero-order valence-electron chi connectivity index (χ0n) is 21.1. The number of benzene rings is 1. The second-order valence-electron chi connectivity index (χ2n) is 10.2. The Kier molecular flexibility index (Phi) is 7.65. The molecule has 1 saturated heterocycles. The van der Waals surface area contributed by atoms with Crippen LogP contribution in [0.4, 0.5) is 5.82 Å². The number of nitriles is 1. The number of carbonyl (C=O) groups is 1. The molecule has 2 fully saturated rings. The molecule has 0 bridgehead atoms. The molecule has 1 aliphatic carbocycles. The number of piperidine rings is 1. The summed E-state index contributed by atoms with van der Waals surface area (Å²) in [6.45, 7) is 1.54. The van der Waals surface area contributed by atoms with Gasteiger partial charge in [0, 0.05) is 25.3 Å². The molecule has 2 aromatic heterocycles. The third-order valence-corrected chi connectivity index (χ3v) is 7.62. The number of nitrogens with one attached hydrogen (secondary N) is 1. The second-order valence-corrected chi connectivity index (χ2v) is 10.2. The zero-order chi connectivity index (χ0) is 25.6. The number of carbonyl (C=O) groups excluding carboxylic acids is 1. The van der Waals surface area contributed by atoms with Crippen LogP contribution in [-0.2, 0) is 11.2 Å². The van der Waals surface area contributed by atoms with E-state index in [-0.39, 0.29) is 17.2 Å². The van der Waals surface area contributed by atoms with Crippen LogP contribution in [0.25, 0.3) is 11.7 Å². The van der Waals surface area contributed by atoms with Crippen molar-refractivity contribution in [1.82, 2.24) is 14.7 Å². The third-order valence-electron chi connectivity index (χ3n) is 7.62. The molecule has 2 aliphatic rings. The molecule has 0 spiro atoms. The molecule has 5 rings (SSSR count). The number of nitrogens with zero attached hydrogens (tertiary/aromatic N) is 4. The summed E-state index contributed by atoms with van der Waals surface area (Å²) in [5.41, 5.74) is 1.86. The van der Waals surface area contributed by atoms with Crippen LogP contribution >= 0.6 is 0 Å². The van der Waals surface area contributed by atoms with E-state index < -0.39 is 5.91 Å². The molecule has 0 unspecified atom stereocenters. The maximum absolute atomic E-state index is 13.6. The maximum atomic E-state index is 13.6. The van der Waals surface area contributed by atoms with Gasteiger partial charge in [-0.05, 0) is 61.8 Å². The van der Waals surface area contributed by atoms with Gasteiger partial charge in [-0.3, -0.25) is 14.0 Å². The Balaban J connectivity index is 1.43. The zero-order valence-corrected chi connectivity index (χ0v) is 21.1. The van der Waals surface area contributed by atoms with Gasteiger partial charge in [0.25, 0.3) is 11.5 Å². The summed E-state index contributed by atoms with van der Waals surface area (Å²) in [5, 5.41) is 12.8. The minimum Gasteiger partial charge on any atom is -0.356 e. The van der Waals surface area contributed by atoms with E-state index in [2.05, 4.69) is 34.5 Å². The van der Waals surface area contributed by atoms with E-state index in [1.807, 2.05) is 24.3 Å². The first-order chi connectivity index (χ1) is 18.1. The molecule has 0 atom stereocenters. The normalized spacial score (nSPS) is 17.5. The van der Waals surface area contributed by atoms with Crippen molar-refractivity contribution in [3.8, 4) is 6.07 Å². The average molecular weight is 496 g/mol. The quantitative estimate of drug-likeness (QED) is 0.401. The van der Waals surface area contributed by atoms with Crippen LogP contribution in [0.2, 0.25) is 0 Å². The van der Waals surface area contributed by atoms with Crippen molar-refractivity contribution in [2.45, 2.75) is 57.4 Å². The highest BCUT2D eigenvalue weighted by Crippen LogP contribution is 2.27. The number of hydrogen-bond acceptors (Lipinski definition) is 5. The standard InChI is InChI=1S/C30H33N5O2/c31-21-24(29(36)32-25-11-5-2-6-12-25)20-26-28(33-27-13-7-8-16-35(27)30(26)37)34-17-14-23(15-18-34)19-22-9-3-1-4-10-22/h1,3-4,7-10,13,16,20,23,25H,2,5-6,11-12,14-15,17-19H2,(H,32,36). The smallest absolute Gasteiger partial charge is 0.267 e. The van der Waals surface area contributed by atoms with E-state index in [0.29, 0.717) is 22.9 Å². The predicted octanol–water partition coefficient (Wildman–Crippen LogP) is 4.51. The Morgan fingerprint density at radius 3 is 2.49 bits per heavy atom. The second kappa shape index (κ2) is 11.4. The lowest BCUT2D eigenvalue weighted by molar-refractivity contribution is -0.117. The molecule has 7 nitrogen and oxygen atoms in total. The lowest BCUT2D eigenvalue weighted by Crippen LogP contribution is -2.38. The molecule has 0 radical (unpaired) electrons. The summed E-state index contributed by atoms with van der Waals surface area (Å²) >= 11 is 0. The van der Waals surface area contributed by atoms with Crippen molar-refractivity contribution >= 4 is 23.4 Å². The molecule has 1 N–H and O–H groups in total. The topological polar surface area (TPSA) is 90.5 Å². The van der Waals surface area contributed by atoms with Crippen LogP contribution < -0.4 is 15.8 Å². The molecule has 7 heteroatoms. The molecule has 1 aromatic carbocycles. The van der Waals surface area contributed by atoms with Gasteiger partial charge < -0.3 is 10.2 Å². The van der Waals surface area contributed by atoms with Gasteiger partial charge in [0.2, 0.25) is 0 Å². The molecule has 37 heavy (non-hydrogen) atoms. The van der Waals surface area contributed by atoms with Crippen LogP contribution in [0.1, 0.15) is 56.1 Å². The Morgan fingerprint density at radius 2 is 1.76 bits per heavy atom. The Labute approximate surface area is 217 Å². The molecule has 190 valence electrons. The summed E-state index contributed by atoms with van der Waals surface area (Å²) < 4.78 is 1.48. The van der Waals surface area contributed by atoms with Crippen LogP contribution in [0.15, 0.2) is 65.1 Å². The van der Waals surface area contributed by atoms with Crippen molar-refractivity contribution < 1.29 is 4.79 Å². The van der Waals surface area contributed by atoms with Crippen molar-refractivity contribution in [1.29, 1.82) is 5.26 Å². The molecule has 1 amide bonds. The van der Waals surface area contributed by atoms with E-state index in [0.717, 1.165) is 58.0 Å². The van der Waals surface area contributed by atoms with Crippen molar-refractivity contribution in [3.63, 3.8) is 0 Å². The third kappa shape index (κ3) is 5.75. The molecule has 1 aliphatic heterocycles. The average Bonchev–Trinajstić information content (AvgIpc) is 2.94. The molecule has 3 aromatic rings. The van der Waals surface area contributed by atoms with E-state index in [1.54, 1.807) is 12.3 Å². The number of hydrogen-bond donors (Lipinski definition) is 1. The highest BCUT2D eigenvalue weighted by atomic mass is 16.2. The van der Waals surface area contributed by atoms with Gasteiger partial charge in [0.1, 0.15) is 23.1 Å². The Hall–Kier alpha value is -3.92. The van der Waals surface area contributed by atoms with Gasteiger partial charge in [-0.1, -0.05) is 55.7 Å². The molecule has 3 heterocycles. The van der Waals surface area contributed by atoms with Gasteiger partial charge >= 0.3 is 0 Å². The molecular weight excluding hydrogens is 462 g/mol. The molecular formula is C30H33N5O2. The van der Waals surface area contributed by atoms with Crippen LogP contribution in [0.3, 0.4) is 0 Å². The monoisotopic (exact) mass is 495 g/mol. The number of pyridine rings is 1. The first-order valence-electron chi connectivity index (χ1n) is 13.4. The minimum atomic E-state index is -0.417. The fourth-order valence-corrected chi connectivity index (χ4v) is 5.56. The summed E-state index contributed by atoms with van der Waals surface area (Å²) in [6.07, 6.45) is 11.3.